The van der Waals surface area contributed by atoms with Crippen LogP contribution in [0.15, 0.2) is 12.1 Å². The predicted molar refractivity (Wildman–Crippen MR) is 54.4 cm³/mol. The minimum Gasteiger partial charge on any atom is -0.507 e. The van der Waals surface area contributed by atoms with E-state index >= 15 is 0 Å². The average molecular weight is 214 g/mol. The van der Waals surface area contributed by atoms with Crippen LogP contribution in [0.5, 0.6) is 5.75 Å². The lowest BCUT2D eigenvalue weighted by molar-refractivity contribution is 0.273. The van der Waals surface area contributed by atoms with E-state index in [0.717, 1.165) is 18.5 Å². The summed E-state index contributed by atoms with van der Waals surface area (Å²) in [6, 6.07) is 3.50. The van der Waals surface area contributed by atoms with E-state index in [9.17, 15) is 5.11 Å². The molecule has 0 bridgehead atoms. The summed E-state index contributed by atoms with van der Waals surface area (Å²) in [5, 5.41) is 22.5. The minimum atomic E-state index is -0.188. The van der Waals surface area contributed by atoms with Crippen molar-refractivity contribution < 1.29 is 10.2 Å². The molecule has 2 rings (SSSR count). The Morgan fingerprint density at radius 2 is 2.21 bits per heavy atom. The number of halogens is 1. The maximum atomic E-state index is 9.79. The van der Waals surface area contributed by atoms with Gasteiger partial charge < -0.3 is 15.5 Å². The van der Waals surface area contributed by atoms with Gasteiger partial charge in [-0.05, 0) is 25.1 Å². The van der Waals surface area contributed by atoms with Crippen LogP contribution in [-0.4, -0.2) is 16.8 Å². The Labute approximate surface area is 87.3 Å². The van der Waals surface area contributed by atoms with Crippen molar-refractivity contribution in [3.8, 4) is 5.75 Å². The van der Waals surface area contributed by atoms with E-state index in [0.29, 0.717) is 10.6 Å². The van der Waals surface area contributed by atoms with Crippen molar-refractivity contribution in [2.45, 2.75) is 19.1 Å². The Hall–Kier alpha value is -0.770. The lowest BCUT2D eigenvalue weighted by Gasteiger charge is -2.29. The van der Waals surface area contributed by atoms with Crippen molar-refractivity contribution in [2.24, 2.45) is 0 Å². The molecule has 14 heavy (non-hydrogen) atoms. The number of rotatable bonds is 2. The Kier molecular flexibility index (Phi) is 2.63. The zero-order valence-corrected chi connectivity index (χ0v) is 8.38. The zero-order chi connectivity index (χ0) is 10.1. The SMILES string of the molecule is OCc1cc(Cl)cc([C@H]2CCN2)c1O. The molecule has 0 aromatic heterocycles. The van der Waals surface area contributed by atoms with Gasteiger partial charge in [-0.15, -0.1) is 0 Å². The molecule has 1 saturated heterocycles. The van der Waals surface area contributed by atoms with Crippen LogP contribution in [0.1, 0.15) is 23.6 Å². The number of hydrogen-bond acceptors (Lipinski definition) is 3. The highest BCUT2D eigenvalue weighted by Crippen LogP contribution is 2.35. The van der Waals surface area contributed by atoms with Crippen molar-refractivity contribution >= 4 is 11.6 Å². The molecule has 0 unspecified atom stereocenters. The average Bonchev–Trinajstić information content (AvgIpc) is 2.07. The number of aliphatic hydroxyl groups is 1. The molecular formula is C10H12ClNO2. The lowest BCUT2D eigenvalue weighted by atomic mass is 9.95. The highest BCUT2D eigenvalue weighted by Gasteiger charge is 2.23. The zero-order valence-electron chi connectivity index (χ0n) is 7.63. The fourth-order valence-electron chi connectivity index (χ4n) is 1.62. The molecule has 76 valence electrons. The van der Waals surface area contributed by atoms with E-state index in [2.05, 4.69) is 5.32 Å². The first kappa shape index (κ1) is 9.77. The van der Waals surface area contributed by atoms with Gasteiger partial charge in [0.15, 0.2) is 0 Å². The first-order valence-electron chi connectivity index (χ1n) is 4.58. The summed E-state index contributed by atoms with van der Waals surface area (Å²) < 4.78 is 0. The van der Waals surface area contributed by atoms with Crippen molar-refractivity contribution in [2.75, 3.05) is 6.54 Å². The van der Waals surface area contributed by atoms with E-state index in [1.54, 1.807) is 12.1 Å². The third kappa shape index (κ3) is 1.59. The van der Waals surface area contributed by atoms with E-state index in [1.165, 1.54) is 0 Å². The monoisotopic (exact) mass is 213 g/mol. The van der Waals surface area contributed by atoms with E-state index in [-0.39, 0.29) is 18.4 Å². The van der Waals surface area contributed by atoms with Gasteiger partial charge >= 0.3 is 0 Å². The van der Waals surface area contributed by atoms with E-state index in [4.69, 9.17) is 16.7 Å². The van der Waals surface area contributed by atoms with Crippen LogP contribution in [0.25, 0.3) is 0 Å². The van der Waals surface area contributed by atoms with E-state index in [1.807, 2.05) is 0 Å². The molecule has 0 saturated carbocycles. The molecule has 3 nitrogen and oxygen atoms in total. The van der Waals surface area contributed by atoms with Crippen LogP contribution in [0.3, 0.4) is 0 Å². The normalized spacial score (nSPS) is 20.6. The van der Waals surface area contributed by atoms with Crippen LogP contribution in [0.2, 0.25) is 5.02 Å². The maximum Gasteiger partial charge on any atom is 0.125 e. The molecular weight excluding hydrogens is 202 g/mol. The van der Waals surface area contributed by atoms with Gasteiger partial charge in [0, 0.05) is 22.2 Å². The van der Waals surface area contributed by atoms with Crippen LogP contribution in [-0.2, 0) is 6.61 Å². The summed E-state index contributed by atoms with van der Waals surface area (Å²) in [5.74, 6) is 0.161. The molecule has 4 heteroatoms. The molecule has 1 atom stereocenters. The molecule has 0 radical (unpaired) electrons. The Morgan fingerprint density at radius 1 is 1.50 bits per heavy atom. The molecule has 1 fully saturated rings. The van der Waals surface area contributed by atoms with Gasteiger partial charge in [0.05, 0.1) is 6.61 Å². The summed E-state index contributed by atoms with van der Waals surface area (Å²) in [5.41, 5.74) is 1.27. The smallest absolute Gasteiger partial charge is 0.125 e. The van der Waals surface area contributed by atoms with Gasteiger partial charge in [0.2, 0.25) is 0 Å². The summed E-state index contributed by atoms with van der Waals surface area (Å²) in [6.07, 6.45) is 0.999. The second-order valence-electron chi connectivity index (χ2n) is 3.46. The number of hydrogen-bond donors (Lipinski definition) is 3. The van der Waals surface area contributed by atoms with Gasteiger partial charge in [0.25, 0.3) is 0 Å². The quantitative estimate of drug-likeness (QED) is 0.699. The van der Waals surface area contributed by atoms with Crippen LogP contribution >= 0.6 is 11.6 Å². The van der Waals surface area contributed by atoms with E-state index < -0.39 is 0 Å². The summed E-state index contributed by atoms with van der Waals surface area (Å²) in [7, 11) is 0. The number of benzene rings is 1. The number of nitrogens with one attached hydrogen (secondary N) is 1. The number of aromatic hydroxyl groups is 1. The third-order valence-electron chi connectivity index (χ3n) is 2.55. The first-order chi connectivity index (χ1) is 6.72. The van der Waals surface area contributed by atoms with Gasteiger partial charge in [-0.2, -0.15) is 0 Å². The predicted octanol–water partition coefficient (Wildman–Crippen LogP) is 1.57. The maximum absolute atomic E-state index is 9.79. The van der Waals surface area contributed by atoms with Crippen molar-refractivity contribution in [1.29, 1.82) is 0 Å². The number of phenols is 1. The van der Waals surface area contributed by atoms with Crippen LogP contribution < -0.4 is 5.32 Å². The van der Waals surface area contributed by atoms with Gasteiger partial charge in [0.1, 0.15) is 5.75 Å². The fourth-order valence-corrected chi connectivity index (χ4v) is 1.87. The molecule has 1 aliphatic heterocycles. The summed E-state index contributed by atoms with van der Waals surface area (Å²) in [4.78, 5) is 0. The molecule has 1 aromatic rings. The minimum absolute atomic E-state index is 0.161. The largest absolute Gasteiger partial charge is 0.507 e. The lowest BCUT2D eigenvalue weighted by Crippen LogP contribution is -2.35. The van der Waals surface area contributed by atoms with Gasteiger partial charge in [-0.3, -0.25) is 0 Å². The molecule has 3 N–H and O–H groups in total. The van der Waals surface area contributed by atoms with Crippen molar-refractivity contribution in [3.05, 3.63) is 28.3 Å². The van der Waals surface area contributed by atoms with Crippen molar-refractivity contribution in [3.63, 3.8) is 0 Å². The molecule has 0 aliphatic carbocycles. The highest BCUT2D eigenvalue weighted by atomic mass is 35.5. The first-order valence-corrected chi connectivity index (χ1v) is 4.95. The molecule has 0 spiro atoms. The van der Waals surface area contributed by atoms with Gasteiger partial charge in [-0.25, -0.2) is 0 Å². The summed E-state index contributed by atoms with van der Waals surface area (Å²) in [6.45, 7) is 0.775. The van der Waals surface area contributed by atoms with Gasteiger partial charge in [-0.1, -0.05) is 11.6 Å². The molecule has 0 amide bonds. The second kappa shape index (κ2) is 3.77. The standard InChI is InChI=1S/C10H12ClNO2/c11-7-3-6(5-13)10(14)8(4-7)9-1-2-12-9/h3-4,9,12-14H,1-2,5H2/t9-/m1/s1. The fraction of sp³-hybridized carbons (Fsp3) is 0.400. The Balaban J connectivity index is 2.41. The third-order valence-corrected chi connectivity index (χ3v) is 2.77. The van der Waals surface area contributed by atoms with Crippen LogP contribution in [0.4, 0.5) is 0 Å². The number of aliphatic hydroxyl groups excluding tert-OH is 1. The Bertz CT molecular complexity index is 350. The molecule has 1 aliphatic rings. The summed E-state index contributed by atoms with van der Waals surface area (Å²) >= 11 is 5.88. The van der Waals surface area contributed by atoms with Crippen molar-refractivity contribution in [1.82, 2.24) is 5.32 Å². The molecule has 1 aromatic carbocycles. The highest BCUT2D eigenvalue weighted by molar-refractivity contribution is 6.30. The topological polar surface area (TPSA) is 52.5 Å². The Morgan fingerprint density at radius 3 is 2.71 bits per heavy atom. The second-order valence-corrected chi connectivity index (χ2v) is 3.89. The van der Waals surface area contributed by atoms with Crippen LogP contribution in [0, 0.1) is 0 Å². The molecule has 1 heterocycles.